The summed E-state index contributed by atoms with van der Waals surface area (Å²) in [6.07, 6.45) is 25.3. The fraction of sp³-hybridized carbons (Fsp3) is 0.857. The molecule has 0 amide bonds. The zero-order valence-corrected chi connectivity index (χ0v) is 17.6. The van der Waals surface area contributed by atoms with Gasteiger partial charge in [0.25, 0.3) is 0 Å². The van der Waals surface area contributed by atoms with Crippen LogP contribution in [0.4, 0.5) is 0 Å². The highest BCUT2D eigenvalue weighted by Gasteiger charge is 1.99. The van der Waals surface area contributed by atoms with E-state index >= 15 is 0 Å². The minimum Gasteiger partial charge on any atom is -1.00 e. The van der Waals surface area contributed by atoms with Crippen LogP contribution in [0.5, 0.6) is 0 Å². The maximum absolute atomic E-state index is 2.31. The second-order valence-corrected chi connectivity index (χ2v) is 7.82. The summed E-state index contributed by atoms with van der Waals surface area (Å²) in [6.45, 7) is 3.51. The van der Waals surface area contributed by atoms with E-state index in [1.165, 1.54) is 109 Å². The number of rotatable bonds is 17. The molecule has 0 atom stereocenters. The lowest BCUT2D eigenvalue weighted by Crippen LogP contribution is -3.00. The Morgan fingerprint density at radius 2 is 1.04 bits per heavy atom. The van der Waals surface area contributed by atoms with Gasteiger partial charge < -0.3 is 12.4 Å². The van der Waals surface area contributed by atoms with E-state index in [0.717, 1.165) is 0 Å². The van der Waals surface area contributed by atoms with Crippen molar-refractivity contribution in [1.82, 2.24) is 0 Å². The molecule has 0 radical (unpaired) electrons. The first-order valence-corrected chi connectivity index (χ1v) is 11.3. The molecule has 0 N–H and O–H groups in total. The number of hydrogen-bond acceptors (Lipinski definition) is 1. The molecular weight excluding hydrogens is 334 g/mol. The first-order valence-electron chi connectivity index (χ1n) is 10.3. The molecule has 1 nitrogen and oxygen atoms in total. The summed E-state index contributed by atoms with van der Waals surface area (Å²) in [5.41, 5.74) is 2.21. The van der Waals surface area contributed by atoms with Crippen LogP contribution in [-0.4, -0.2) is 0 Å². The SMILES string of the molecule is CCCCCCCCCCCCCCCCCC[n+]1ccsc1.[Cl-]. The zero-order chi connectivity index (χ0) is 16.4. The molecule has 0 aliphatic carbocycles. The molecule has 0 spiro atoms. The van der Waals surface area contributed by atoms with Gasteiger partial charge in [-0.3, -0.25) is 0 Å². The molecule has 0 saturated carbocycles. The second-order valence-electron chi connectivity index (χ2n) is 7.07. The van der Waals surface area contributed by atoms with Crippen LogP contribution in [0.15, 0.2) is 17.1 Å². The highest BCUT2D eigenvalue weighted by atomic mass is 35.5. The fourth-order valence-electron chi connectivity index (χ4n) is 3.23. The van der Waals surface area contributed by atoms with E-state index in [0.29, 0.717) is 0 Å². The Kier molecular flexibility index (Phi) is 19.2. The predicted octanol–water partition coefficient (Wildman–Crippen LogP) is 4.30. The molecule has 1 aromatic rings. The number of aromatic nitrogens is 1. The van der Waals surface area contributed by atoms with Gasteiger partial charge in [-0.25, -0.2) is 0 Å². The van der Waals surface area contributed by atoms with Crippen LogP contribution >= 0.6 is 11.3 Å². The first-order chi connectivity index (χ1) is 11.4. The van der Waals surface area contributed by atoms with Gasteiger partial charge >= 0.3 is 0 Å². The van der Waals surface area contributed by atoms with Crippen LogP contribution in [0.3, 0.4) is 0 Å². The van der Waals surface area contributed by atoms with Crippen molar-refractivity contribution in [3.05, 3.63) is 17.1 Å². The van der Waals surface area contributed by atoms with E-state index < -0.39 is 0 Å². The van der Waals surface area contributed by atoms with Crippen LogP contribution < -0.4 is 17.0 Å². The summed E-state index contributed by atoms with van der Waals surface area (Å²) >= 11 is 1.79. The van der Waals surface area contributed by atoms with Crippen molar-refractivity contribution in [3.63, 3.8) is 0 Å². The Labute approximate surface area is 161 Å². The van der Waals surface area contributed by atoms with E-state index in [1.54, 1.807) is 11.3 Å². The standard InChI is InChI=1S/C21H40NS.ClH/c1-2-3-4-5-6-7-8-9-10-11-12-13-14-15-16-17-18-22-19-20-23-21-22;/h19-21H,2-18H2,1H3;1H/q+1;/p-1. The number of thiazole rings is 1. The van der Waals surface area contributed by atoms with Crippen LogP contribution in [0.1, 0.15) is 110 Å². The lowest BCUT2D eigenvalue weighted by atomic mass is 10.0. The third-order valence-electron chi connectivity index (χ3n) is 4.80. The molecule has 0 bridgehead atoms. The van der Waals surface area contributed by atoms with Crippen LogP contribution in [-0.2, 0) is 6.54 Å². The fourth-order valence-corrected chi connectivity index (χ4v) is 3.86. The largest absolute Gasteiger partial charge is 1.00 e. The average molecular weight is 374 g/mol. The number of hydrogen-bond donors (Lipinski definition) is 0. The van der Waals surface area contributed by atoms with E-state index in [2.05, 4.69) is 28.6 Å². The van der Waals surface area contributed by atoms with Gasteiger partial charge in [-0.05, 0) is 6.42 Å². The lowest BCUT2D eigenvalue weighted by Gasteiger charge is -2.03. The summed E-state index contributed by atoms with van der Waals surface area (Å²) < 4.78 is 2.31. The third-order valence-corrected chi connectivity index (χ3v) is 5.47. The van der Waals surface area contributed by atoms with Gasteiger partial charge in [0.2, 0.25) is 5.51 Å². The molecule has 1 heterocycles. The van der Waals surface area contributed by atoms with Crippen molar-refractivity contribution in [3.8, 4) is 0 Å². The second kappa shape index (κ2) is 19.2. The Morgan fingerprint density at radius 1 is 0.625 bits per heavy atom. The quantitative estimate of drug-likeness (QED) is 0.283. The highest BCUT2D eigenvalue weighted by Crippen LogP contribution is 2.13. The van der Waals surface area contributed by atoms with Crippen LogP contribution in [0.2, 0.25) is 0 Å². The average Bonchev–Trinajstić information content (AvgIpc) is 3.08. The van der Waals surface area contributed by atoms with Crippen molar-refractivity contribution >= 4 is 11.3 Å². The summed E-state index contributed by atoms with van der Waals surface area (Å²) in [5, 5.41) is 2.16. The monoisotopic (exact) mass is 373 g/mol. The lowest BCUT2D eigenvalue weighted by molar-refractivity contribution is -0.692. The van der Waals surface area contributed by atoms with E-state index in [9.17, 15) is 0 Å². The van der Waals surface area contributed by atoms with Gasteiger partial charge in [0.05, 0.1) is 5.38 Å². The molecular formula is C21H40ClNS. The molecule has 1 aromatic heterocycles. The van der Waals surface area contributed by atoms with Gasteiger partial charge in [-0.15, -0.1) is 0 Å². The molecule has 1 rings (SSSR count). The Hall–Kier alpha value is -0.0800. The molecule has 24 heavy (non-hydrogen) atoms. The molecule has 0 aliphatic heterocycles. The van der Waals surface area contributed by atoms with Gasteiger partial charge in [0.15, 0.2) is 6.20 Å². The Bertz CT molecular complexity index is 327. The first kappa shape index (κ1) is 23.9. The minimum atomic E-state index is 0. The molecule has 0 saturated heterocycles. The molecule has 0 unspecified atom stereocenters. The van der Waals surface area contributed by atoms with Gasteiger partial charge in [0, 0.05) is 6.42 Å². The van der Waals surface area contributed by atoms with E-state index in [-0.39, 0.29) is 12.4 Å². The molecule has 0 fully saturated rings. The molecule has 0 aliphatic rings. The molecule has 0 aromatic carbocycles. The summed E-state index contributed by atoms with van der Waals surface area (Å²) in [4.78, 5) is 0. The van der Waals surface area contributed by atoms with Crippen LogP contribution in [0.25, 0.3) is 0 Å². The van der Waals surface area contributed by atoms with Crippen molar-refractivity contribution in [2.75, 3.05) is 0 Å². The summed E-state index contributed by atoms with van der Waals surface area (Å²) in [5.74, 6) is 0. The number of aryl methyl sites for hydroxylation is 1. The minimum absolute atomic E-state index is 0. The number of unbranched alkanes of at least 4 members (excludes halogenated alkanes) is 15. The van der Waals surface area contributed by atoms with Crippen molar-refractivity contribution < 1.29 is 17.0 Å². The molecule has 3 heteroatoms. The smallest absolute Gasteiger partial charge is 0.224 e. The van der Waals surface area contributed by atoms with E-state index in [4.69, 9.17) is 0 Å². The van der Waals surface area contributed by atoms with Gasteiger partial charge in [0.1, 0.15) is 6.54 Å². The highest BCUT2D eigenvalue weighted by molar-refractivity contribution is 7.07. The Balaban J connectivity index is 0.00000529. The number of halogens is 1. The predicted molar refractivity (Wildman–Crippen MR) is 104 cm³/mol. The molecule has 142 valence electrons. The zero-order valence-electron chi connectivity index (χ0n) is 16.0. The van der Waals surface area contributed by atoms with Gasteiger partial charge in [-0.2, -0.15) is 4.57 Å². The topological polar surface area (TPSA) is 3.88 Å². The maximum Gasteiger partial charge on any atom is 0.224 e. The van der Waals surface area contributed by atoms with Crippen molar-refractivity contribution in [1.29, 1.82) is 0 Å². The summed E-state index contributed by atoms with van der Waals surface area (Å²) in [7, 11) is 0. The maximum atomic E-state index is 2.31. The van der Waals surface area contributed by atoms with E-state index in [1.807, 2.05) is 0 Å². The third kappa shape index (κ3) is 15.4. The van der Waals surface area contributed by atoms with Crippen molar-refractivity contribution in [2.45, 2.75) is 116 Å². The summed E-state index contributed by atoms with van der Waals surface area (Å²) in [6, 6.07) is 0. The Morgan fingerprint density at radius 3 is 1.42 bits per heavy atom. The van der Waals surface area contributed by atoms with Crippen LogP contribution in [0, 0.1) is 0 Å². The van der Waals surface area contributed by atoms with Gasteiger partial charge in [-0.1, -0.05) is 108 Å². The number of nitrogens with zero attached hydrogens (tertiary/aromatic N) is 1. The normalized spacial score (nSPS) is 10.7. The van der Waals surface area contributed by atoms with Crippen molar-refractivity contribution in [2.24, 2.45) is 0 Å².